The molecule has 1 atom stereocenters. The van der Waals surface area contributed by atoms with Gasteiger partial charge in [-0.3, -0.25) is 14.5 Å². The molecular weight excluding hydrogens is 420 g/mol. The van der Waals surface area contributed by atoms with Crippen molar-refractivity contribution in [1.82, 2.24) is 4.90 Å². The minimum Gasteiger partial charge on any atom is -0.496 e. The van der Waals surface area contributed by atoms with Crippen molar-refractivity contribution in [3.05, 3.63) is 58.6 Å². The molecule has 2 aromatic carbocycles. The number of ether oxygens (including phenoxy) is 2. The van der Waals surface area contributed by atoms with E-state index in [4.69, 9.17) is 21.1 Å². The number of rotatable bonds is 5. The predicted octanol–water partition coefficient (Wildman–Crippen LogP) is 3.78. The summed E-state index contributed by atoms with van der Waals surface area (Å²) in [5.41, 5.74) is -0.104. The highest BCUT2D eigenvalue weighted by Crippen LogP contribution is 2.46. The number of fused-ring (bicyclic) bond motifs is 3. The van der Waals surface area contributed by atoms with Gasteiger partial charge in [-0.25, -0.2) is 4.79 Å². The number of hydrogen-bond acceptors (Lipinski definition) is 5. The third-order valence-corrected chi connectivity index (χ3v) is 5.98. The molecule has 2 amide bonds. The van der Waals surface area contributed by atoms with Crippen LogP contribution in [0.3, 0.4) is 0 Å². The molecule has 1 fully saturated rings. The molecule has 1 saturated heterocycles. The minimum atomic E-state index is -1.53. The SMILES string of the molecule is COc1ccc(Cl)cc1COC(=O)[C@@]12CCC(=O)N1c1ccccc1C(=O)N2C(C)C. The maximum atomic E-state index is 13.6. The molecule has 0 unspecified atom stereocenters. The first-order chi connectivity index (χ1) is 14.8. The molecule has 2 heterocycles. The van der Waals surface area contributed by atoms with Crippen LogP contribution in [-0.4, -0.2) is 41.5 Å². The number of carbonyl (C=O) groups excluding carboxylic acids is 3. The van der Waals surface area contributed by atoms with E-state index in [2.05, 4.69) is 0 Å². The third-order valence-electron chi connectivity index (χ3n) is 5.74. The van der Waals surface area contributed by atoms with E-state index < -0.39 is 11.6 Å². The van der Waals surface area contributed by atoms with Crippen molar-refractivity contribution in [2.24, 2.45) is 0 Å². The number of methoxy groups -OCH3 is 1. The van der Waals surface area contributed by atoms with Crippen molar-refractivity contribution < 1.29 is 23.9 Å². The molecule has 4 rings (SSSR count). The summed E-state index contributed by atoms with van der Waals surface area (Å²) >= 11 is 6.08. The van der Waals surface area contributed by atoms with E-state index in [1.54, 1.807) is 42.5 Å². The molecule has 2 aliphatic heterocycles. The molecule has 0 N–H and O–H groups in total. The summed E-state index contributed by atoms with van der Waals surface area (Å²) in [5, 5.41) is 0.480. The van der Waals surface area contributed by atoms with Crippen molar-refractivity contribution in [3.8, 4) is 5.75 Å². The van der Waals surface area contributed by atoms with Crippen LogP contribution < -0.4 is 9.64 Å². The number of anilines is 1. The zero-order valence-electron chi connectivity index (χ0n) is 17.6. The molecule has 31 heavy (non-hydrogen) atoms. The summed E-state index contributed by atoms with van der Waals surface area (Å²) in [6, 6.07) is 11.5. The monoisotopic (exact) mass is 442 g/mol. The number of para-hydroxylation sites is 1. The molecule has 7 nitrogen and oxygen atoms in total. The van der Waals surface area contributed by atoms with Gasteiger partial charge in [0, 0.05) is 29.5 Å². The van der Waals surface area contributed by atoms with Crippen LogP contribution in [-0.2, 0) is 20.9 Å². The van der Waals surface area contributed by atoms with Gasteiger partial charge in [-0.05, 0) is 44.2 Å². The Balaban J connectivity index is 1.75. The Hall–Kier alpha value is -3.06. The van der Waals surface area contributed by atoms with Gasteiger partial charge in [-0.1, -0.05) is 23.7 Å². The van der Waals surface area contributed by atoms with Gasteiger partial charge in [0.15, 0.2) is 0 Å². The van der Waals surface area contributed by atoms with Crippen molar-refractivity contribution in [2.45, 2.75) is 45.0 Å². The molecule has 0 spiro atoms. The van der Waals surface area contributed by atoms with Gasteiger partial charge >= 0.3 is 5.97 Å². The summed E-state index contributed by atoms with van der Waals surface area (Å²) < 4.78 is 11.0. The van der Waals surface area contributed by atoms with Crippen LogP contribution in [0.4, 0.5) is 5.69 Å². The fourth-order valence-corrected chi connectivity index (χ4v) is 4.69. The van der Waals surface area contributed by atoms with Crippen molar-refractivity contribution >= 4 is 35.1 Å². The molecule has 0 saturated carbocycles. The van der Waals surface area contributed by atoms with E-state index in [0.717, 1.165) is 0 Å². The zero-order valence-corrected chi connectivity index (χ0v) is 18.3. The first-order valence-electron chi connectivity index (χ1n) is 10.1. The highest BCUT2D eigenvalue weighted by molar-refractivity contribution is 6.30. The number of carbonyl (C=O) groups is 3. The lowest BCUT2D eigenvalue weighted by Gasteiger charge is -2.50. The Kier molecular flexibility index (Phi) is 5.39. The molecule has 162 valence electrons. The molecule has 0 aromatic heterocycles. The van der Waals surface area contributed by atoms with Crippen LogP contribution >= 0.6 is 11.6 Å². The topological polar surface area (TPSA) is 76.1 Å². The van der Waals surface area contributed by atoms with E-state index in [1.165, 1.54) is 16.9 Å². The van der Waals surface area contributed by atoms with Crippen molar-refractivity contribution in [1.29, 1.82) is 0 Å². The van der Waals surface area contributed by atoms with E-state index >= 15 is 0 Å². The second kappa shape index (κ2) is 7.89. The average molecular weight is 443 g/mol. The fraction of sp³-hybridized carbons (Fsp3) is 0.348. The molecule has 0 bridgehead atoms. The maximum Gasteiger partial charge on any atom is 0.354 e. The van der Waals surface area contributed by atoms with Gasteiger partial charge in [0.05, 0.1) is 18.4 Å². The molecule has 2 aliphatic rings. The maximum absolute atomic E-state index is 13.6. The zero-order chi connectivity index (χ0) is 22.3. The number of esters is 1. The van der Waals surface area contributed by atoms with E-state index in [0.29, 0.717) is 27.6 Å². The van der Waals surface area contributed by atoms with Gasteiger partial charge in [0.1, 0.15) is 12.4 Å². The molecular formula is C23H23ClN2O5. The summed E-state index contributed by atoms with van der Waals surface area (Å²) in [6.45, 7) is 3.54. The molecule has 8 heteroatoms. The predicted molar refractivity (Wildman–Crippen MR) is 115 cm³/mol. The van der Waals surface area contributed by atoms with E-state index in [-0.39, 0.29) is 37.3 Å². The van der Waals surface area contributed by atoms with Crippen LogP contribution in [0.5, 0.6) is 5.75 Å². The second-order valence-corrected chi connectivity index (χ2v) is 8.30. The number of benzene rings is 2. The fourth-order valence-electron chi connectivity index (χ4n) is 4.49. The number of nitrogens with zero attached hydrogens (tertiary/aromatic N) is 2. The Labute approximate surface area is 185 Å². The summed E-state index contributed by atoms with van der Waals surface area (Å²) in [7, 11) is 1.52. The van der Waals surface area contributed by atoms with Crippen molar-refractivity contribution in [2.75, 3.05) is 12.0 Å². The highest BCUT2D eigenvalue weighted by atomic mass is 35.5. The summed E-state index contributed by atoms with van der Waals surface area (Å²) in [5.74, 6) is -0.645. The Bertz CT molecular complexity index is 1070. The lowest BCUT2D eigenvalue weighted by molar-refractivity contribution is -0.159. The molecule has 0 aliphatic carbocycles. The van der Waals surface area contributed by atoms with Crippen LogP contribution in [0.2, 0.25) is 5.02 Å². The quantitative estimate of drug-likeness (QED) is 0.658. The van der Waals surface area contributed by atoms with Crippen LogP contribution in [0.25, 0.3) is 0 Å². The highest BCUT2D eigenvalue weighted by Gasteiger charge is 2.62. The minimum absolute atomic E-state index is 0.103. The normalized spacial score (nSPS) is 20.0. The standard InChI is InChI=1S/C23H23ClN2O5/c1-14(2)25-21(28)17-6-4-5-7-18(17)26-20(27)10-11-23(25,26)22(29)31-13-15-12-16(24)8-9-19(15)30-3/h4-9,12,14H,10-11,13H2,1-3H3/t23-/m1/s1. The first kappa shape index (κ1) is 21.2. The lowest BCUT2D eigenvalue weighted by Crippen LogP contribution is -2.70. The Morgan fingerprint density at radius 3 is 2.65 bits per heavy atom. The largest absolute Gasteiger partial charge is 0.496 e. The van der Waals surface area contributed by atoms with Crippen molar-refractivity contribution in [3.63, 3.8) is 0 Å². The number of halogens is 1. The number of amides is 2. The van der Waals surface area contributed by atoms with Crippen LogP contribution in [0, 0.1) is 0 Å². The Morgan fingerprint density at radius 1 is 1.19 bits per heavy atom. The average Bonchev–Trinajstić information content (AvgIpc) is 3.10. The van der Waals surface area contributed by atoms with Gasteiger partial charge in [0.25, 0.3) is 5.91 Å². The smallest absolute Gasteiger partial charge is 0.354 e. The van der Waals surface area contributed by atoms with E-state index in [9.17, 15) is 14.4 Å². The van der Waals surface area contributed by atoms with Gasteiger partial charge in [-0.15, -0.1) is 0 Å². The van der Waals surface area contributed by atoms with Crippen LogP contribution in [0.15, 0.2) is 42.5 Å². The third kappa shape index (κ3) is 3.24. The Morgan fingerprint density at radius 2 is 1.94 bits per heavy atom. The van der Waals surface area contributed by atoms with Gasteiger partial charge in [0.2, 0.25) is 11.6 Å². The van der Waals surface area contributed by atoms with E-state index in [1.807, 2.05) is 13.8 Å². The van der Waals surface area contributed by atoms with Crippen LogP contribution in [0.1, 0.15) is 42.6 Å². The molecule has 0 radical (unpaired) electrons. The lowest BCUT2D eigenvalue weighted by atomic mass is 9.95. The van der Waals surface area contributed by atoms with Gasteiger partial charge < -0.3 is 14.4 Å². The molecule has 2 aromatic rings. The van der Waals surface area contributed by atoms with Gasteiger partial charge in [-0.2, -0.15) is 0 Å². The first-order valence-corrected chi connectivity index (χ1v) is 10.4. The summed E-state index contributed by atoms with van der Waals surface area (Å²) in [4.78, 5) is 42.8. The summed E-state index contributed by atoms with van der Waals surface area (Å²) in [6.07, 6.45) is 0.302. The second-order valence-electron chi connectivity index (χ2n) is 7.86. The number of hydrogen-bond donors (Lipinski definition) is 0.